The van der Waals surface area contributed by atoms with Crippen molar-refractivity contribution >= 4 is 0 Å². The fraction of sp³-hybridized carbons (Fsp3) is 0.333. The van der Waals surface area contributed by atoms with Crippen LogP contribution in [-0.2, 0) is 12.8 Å². The summed E-state index contributed by atoms with van der Waals surface area (Å²) in [5.74, 6) is 2.46. The van der Waals surface area contributed by atoms with Gasteiger partial charge in [-0.3, -0.25) is 4.98 Å². The lowest BCUT2D eigenvalue weighted by Gasteiger charge is -2.15. The van der Waals surface area contributed by atoms with E-state index in [-0.39, 0.29) is 0 Å². The van der Waals surface area contributed by atoms with Crippen LogP contribution >= 0.6 is 0 Å². The summed E-state index contributed by atoms with van der Waals surface area (Å²) in [6, 6.07) is 3.66. The molecule has 0 N–H and O–H groups in total. The third-order valence-electron chi connectivity index (χ3n) is 3.84. The molecule has 1 unspecified atom stereocenters. The minimum absolute atomic E-state index is 0.418. The summed E-state index contributed by atoms with van der Waals surface area (Å²) >= 11 is 0. The van der Waals surface area contributed by atoms with E-state index < -0.39 is 0 Å². The molecule has 0 aliphatic heterocycles. The third kappa shape index (κ3) is 2.12. The summed E-state index contributed by atoms with van der Waals surface area (Å²) in [6.45, 7) is 2.23. The number of fused-ring (bicyclic) bond motifs is 1. The van der Waals surface area contributed by atoms with Crippen LogP contribution in [0.15, 0.2) is 33.5 Å². The van der Waals surface area contributed by atoms with Crippen molar-refractivity contribution in [2.75, 3.05) is 0 Å². The van der Waals surface area contributed by atoms with Crippen molar-refractivity contribution in [3.05, 3.63) is 35.9 Å². The largest absolute Gasteiger partial charge is 0.414 e. The molecular weight excluding hydrogens is 268 g/mol. The molecule has 6 heteroatoms. The molecule has 4 rings (SSSR count). The molecular formula is C15H14N4O2. The van der Waals surface area contributed by atoms with Crippen LogP contribution in [0.25, 0.3) is 23.0 Å². The van der Waals surface area contributed by atoms with Crippen LogP contribution in [0.3, 0.4) is 0 Å². The van der Waals surface area contributed by atoms with Gasteiger partial charge in [-0.1, -0.05) is 12.1 Å². The van der Waals surface area contributed by atoms with Gasteiger partial charge >= 0.3 is 0 Å². The molecule has 0 aromatic carbocycles. The number of hydrogen-bond donors (Lipinski definition) is 0. The summed E-state index contributed by atoms with van der Waals surface area (Å²) in [7, 11) is 0. The zero-order valence-electron chi connectivity index (χ0n) is 11.6. The lowest BCUT2D eigenvalue weighted by molar-refractivity contribution is 0.356. The van der Waals surface area contributed by atoms with Gasteiger partial charge in [-0.15, -0.1) is 10.2 Å². The van der Waals surface area contributed by atoms with E-state index in [0.717, 1.165) is 36.1 Å². The second-order valence-corrected chi connectivity index (χ2v) is 5.43. The Hall–Kier alpha value is -2.50. The average Bonchev–Trinajstić information content (AvgIpc) is 3.14. The number of rotatable bonds is 2. The topological polar surface area (TPSA) is 77.8 Å². The lowest BCUT2D eigenvalue weighted by atomic mass is 9.88. The van der Waals surface area contributed by atoms with E-state index in [4.69, 9.17) is 8.94 Å². The Morgan fingerprint density at radius 1 is 1.14 bits per heavy atom. The summed E-state index contributed by atoms with van der Waals surface area (Å²) in [6.07, 6.45) is 6.39. The Morgan fingerprint density at radius 3 is 2.81 bits per heavy atom. The molecule has 0 radical (unpaired) electrons. The van der Waals surface area contributed by atoms with Gasteiger partial charge in [0, 0.05) is 29.9 Å². The van der Waals surface area contributed by atoms with Gasteiger partial charge in [-0.2, -0.15) is 0 Å². The molecule has 0 saturated carbocycles. The standard InChI is InChI=1S/C15H14N4O2/c1-9-2-3-12-11(8-9)13(19-21-12)15-18-17-14(20-15)10-4-6-16-7-5-10/h4-7,9H,2-3,8H2,1H3. The van der Waals surface area contributed by atoms with E-state index in [1.54, 1.807) is 12.4 Å². The van der Waals surface area contributed by atoms with Gasteiger partial charge in [0.2, 0.25) is 5.89 Å². The maximum Gasteiger partial charge on any atom is 0.270 e. The van der Waals surface area contributed by atoms with Crippen molar-refractivity contribution in [1.29, 1.82) is 0 Å². The average molecular weight is 282 g/mol. The first-order chi connectivity index (χ1) is 10.3. The van der Waals surface area contributed by atoms with Gasteiger partial charge in [0.1, 0.15) is 5.76 Å². The molecule has 1 aliphatic carbocycles. The normalized spacial score (nSPS) is 17.7. The second kappa shape index (κ2) is 4.80. The molecule has 3 heterocycles. The van der Waals surface area contributed by atoms with Crippen LogP contribution in [0, 0.1) is 5.92 Å². The van der Waals surface area contributed by atoms with E-state index in [2.05, 4.69) is 27.3 Å². The monoisotopic (exact) mass is 282 g/mol. The van der Waals surface area contributed by atoms with Gasteiger partial charge in [-0.05, 0) is 30.9 Å². The Morgan fingerprint density at radius 2 is 1.95 bits per heavy atom. The highest BCUT2D eigenvalue weighted by molar-refractivity contribution is 5.58. The highest BCUT2D eigenvalue weighted by Gasteiger charge is 2.27. The smallest absolute Gasteiger partial charge is 0.270 e. The SMILES string of the molecule is CC1CCc2onc(-c3nnc(-c4ccncc4)o3)c2C1. The summed E-state index contributed by atoms with van der Waals surface area (Å²) in [5, 5.41) is 12.3. The quantitative estimate of drug-likeness (QED) is 0.719. The Balaban J connectivity index is 1.72. The predicted octanol–water partition coefficient (Wildman–Crippen LogP) is 2.91. The van der Waals surface area contributed by atoms with E-state index in [1.165, 1.54) is 0 Å². The number of aryl methyl sites for hydroxylation is 1. The predicted molar refractivity (Wildman–Crippen MR) is 74.2 cm³/mol. The fourth-order valence-electron chi connectivity index (χ4n) is 2.68. The van der Waals surface area contributed by atoms with Crippen molar-refractivity contribution in [3.63, 3.8) is 0 Å². The summed E-state index contributed by atoms with van der Waals surface area (Å²) in [5.41, 5.74) is 2.64. The molecule has 106 valence electrons. The fourth-order valence-corrected chi connectivity index (χ4v) is 2.68. The number of pyridine rings is 1. The van der Waals surface area contributed by atoms with Crippen molar-refractivity contribution in [1.82, 2.24) is 20.3 Å². The third-order valence-corrected chi connectivity index (χ3v) is 3.84. The van der Waals surface area contributed by atoms with E-state index in [9.17, 15) is 0 Å². The van der Waals surface area contributed by atoms with E-state index >= 15 is 0 Å². The molecule has 1 atom stereocenters. The van der Waals surface area contributed by atoms with Crippen LogP contribution in [0.1, 0.15) is 24.7 Å². The van der Waals surface area contributed by atoms with E-state index in [1.807, 2.05) is 12.1 Å². The first-order valence-electron chi connectivity index (χ1n) is 7.03. The Labute approximate surface area is 121 Å². The minimum atomic E-state index is 0.418. The van der Waals surface area contributed by atoms with Crippen molar-refractivity contribution in [2.45, 2.75) is 26.2 Å². The van der Waals surface area contributed by atoms with Crippen molar-refractivity contribution < 1.29 is 8.94 Å². The zero-order valence-corrected chi connectivity index (χ0v) is 11.6. The number of nitrogens with zero attached hydrogens (tertiary/aromatic N) is 4. The van der Waals surface area contributed by atoms with Crippen LogP contribution in [-0.4, -0.2) is 20.3 Å². The van der Waals surface area contributed by atoms with Crippen molar-refractivity contribution in [2.24, 2.45) is 5.92 Å². The van der Waals surface area contributed by atoms with Gasteiger partial charge in [0.05, 0.1) is 0 Å². The number of hydrogen-bond acceptors (Lipinski definition) is 6. The van der Waals surface area contributed by atoms with Crippen LogP contribution in [0.4, 0.5) is 0 Å². The van der Waals surface area contributed by atoms with Gasteiger partial charge in [0.25, 0.3) is 5.89 Å². The molecule has 3 aromatic rings. The maximum absolute atomic E-state index is 5.74. The Bertz CT molecular complexity index is 763. The molecule has 1 aliphatic rings. The number of aromatic nitrogens is 4. The zero-order chi connectivity index (χ0) is 14.2. The van der Waals surface area contributed by atoms with Crippen LogP contribution < -0.4 is 0 Å². The molecule has 0 saturated heterocycles. The molecule has 0 spiro atoms. The van der Waals surface area contributed by atoms with Crippen molar-refractivity contribution in [3.8, 4) is 23.0 Å². The summed E-state index contributed by atoms with van der Waals surface area (Å²) in [4.78, 5) is 3.98. The van der Waals surface area contributed by atoms with Crippen LogP contribution in [0.2, 0.25) is 0 Å². The molecule has 6 nitrogen and oxygen atoms in total. The molecule has 0 amide bonds. The van der Waals surface area contributed by atoms with E-state index in [0.29, 0.717) is 23.4 Å². The first-order valence-corrected chi connectivity index (χ1v) is 7.03. The van der Waals surface area contributed by atoms with Gasteiger partial charge in [0.15, 0.2) is 5.69 Å². The first kappa shape index (κ1) is 12.3. The minimum Gasteiger partial charge on any atom is -0.414 e. The van der Waals surface area contributed by atoms with Gasteiger partial charge in [-0.25, -0.2) is 0 Å². The van der Waals surface area contributed by atoms with Crippen LogP contribution in [0.5, 0.6) is 0 Å². The second-order valence-electron chi connectivity index (χ2n) is 5.43. The molecule has 0 bridgehead atoms. The maximum atomic E-state index is 5.74. The molecule has 21 heavy (non-hydrogen) atoms. The lowest BCUT2D eigenvalue weighted by Crippen LogP contribution is -2.09. The van der Waals surface area contributed by atoms with Gasteiger partial charge < -0.3 is 8.94 Å². The highest BCUT2D eigenvalue weighted by atomic mass is 16.5. The molecule has 0 fully saturated rings. The Kier molecular flexibility index (Phi) is 2.80. The highest BCUT2D eigenvalue weighted by Crippen LogP contribution is 2.33. The summed E-state index contributed by atoms with van der Waals surface area (Å²) < 4.78 is 11.2. The molecule has 3 aromatic heterocycles.